The van der Waals surface area contributed by atoms with Crippen LogP contribution in [0, 0.1) is 6.92 Å². The van der Waals surface area contributed by atoms with Crippen LogP contribution in [0.25, 0.3) is 0 Å². The third-order valence-corrected chi connectivity index (χ3v) is 1.80. The smallest absolute Gasteiger partial charge is 0.165 e. The van der Waals surface area contributed by atoms with Crippen LogP contribution in [0.3, 0.4) is 0 Å². The second-order valence-electron chi connectivity index (χ2n) is 2.47. The largest absolute Gasteiger partial charge is 0.373 e. The van der Waals surface area contributed by atoms with Crippen molar-refractivity contribution in [2.75, 3.05) is 6.61 Å². The van der Waals surface area contributed by atoms with Crippen LogP contribution in [0.2, 0.25) is 0 Å². The Bertz CT molecular complexity index is 242. The lowest BCUT2D eigenvalue weighted by Crippen LogP contribution is -2.07. The van der Waals surface area contributed by atoms with Crippen LogP contribution in [-0.4, -0.2) is 11.8 Å². The molecule has 0 spiro atoms. The first kappa shape index (κ1) is 5.92. The van der Waals surface area contributed by atoms with Crippen LogP contribution < -0.4 is 0 Å². The summed E-state index contributed by atoms with van der Waals surface area (Å²) in [6.45, 7) is 3.36. The predicted molar refractivity (Wildman–Crippen MR) is 34.6 cm³/mol. The van der Waals surface area contributed by atoms with E-state index in [1.54, 1.807) is 0 Å². The van der Waals surface area contributed by atoms with E-state index < -0.39 is 0 Å². The summed E-state index contributed by atoms with van der Waals surface area (Å²) in [5, 5.41) is 3.84. The highest BCUT2D eigenvalue weighted by atomic mass is 16.5. The van der Waals surface area contributed by atoms with Crippen LogP contribution in [0.1, 0.15) is 17.0 Å². The maximum absolute atomic E-state index is 5.18. The molecule has 0 radical (unpaired) electrons. The van der Waals surface area contributed by atoms with Gasteiger partial charge in [0.2, 0.25) is 0 Å². The molecule has 1 aromatic heterocycles. The van der Waals surface area contributed by atoms with E-state index in [-0.39, 0.29) is 0 Å². The molecule has 0 N–H and O–H groups in total. The Balaban J connectivity index is 2.45. The van der Waals surface area contributed by atoms with Crippen molar-refractivity contribution in [3.05, 3.63) is 17.0 Å². The molecular formula is C7H9NO2. The fourth-order valence-electron chi connectivity index (χ4n) is 1.21. The third-order valence-electron chi connectivity index (χ3n) is 1.80. The lowest BCUT2D eigenvalue weighted by molar-refractivity contribution is 0.0894. The first-order chi connectivity index (χ1) is 4.88. The zero-order valence-corrected chi connectivity index (χ0v) is 5.89. The van der Waals surface area contributed by atoms with Crippen molar-refractivity contribution in [1.82, 2.24) is 5.16 Å². The molecule has 0 saturated carbocycles. The van der Waals surface area contributed by atoms with Gasteiger partial charge in [-0.25, -0.2) is 0 Å². The first-order valence-corrected chi connectivity index (χ1v) is 3.39. The summed E-state index contributed by atoms with van der Waals surface area (Å²) >= 11 is 0. The number of hydrogen-bond acceptors (Lipinski definition) is 3. The van der Waals surface area contributed by atoms with E-state index in [2.05, 4.69) is 5.16 Å². The summed E-state index contributed by atoms with van der Waals surface area (Å²) in [5.74, 6) is 0.906. The molecule has 0 fully saturated rings. The van der Waals surface area contributed by atoms with E-state index in [1.807, 2.05) is 6.92 Å². The zero-order valence-electron chi connectivity index (χ0n) is 5.89. The average Bonchev–Trinajstić information content (AvgIpc) is 2.34. The van der Waals surface area contributed by atoms with Crippen molar-refractivity contribution in [2.45, 2.75) is 20.0 Å². The minimum atomic E-state index is 0.593. The van der Waals surface area contributed by atoms with Crippen LogP contribution in [-0.2, 0) is 17.8 Å². The molecule has 0 aliphatic carbocycles. The highest BCUT2D eigenvalue weighted by Crippen LogP contribution is 2.18. The highest BCUT2D eigenvalue weighted by Gasteiger charge is 2.16. The Kier molecular flexibility index (Phi) is 1.24. The van der Waals surface area contributed by atoms with Crippen LogP contribution in [0.5, 0.6) is 0 Å². The van der Waals surface area contributed by atoms with Gasteiger partial charge in [-0.15, -0.1) is 0 Å². The number of rotatable bonds is 0. The summed E-state index contributed by atoms with van der Waals surface area (Å²) in [6.07, 6.45) is 0.949. The van der Waals surface area contributed by atoms with E-state index >= 15 is 0 Å². The molecule has 1 aromatic rings. The van der Waals surface area contributed by atoms with Gasteiger partial charge in [0.1, 0.15) is 6.61 Å². The molecule has 0 unspecified atom stereocenters. The second kappa shape index (κ2) is 2.09. The van der Waals surface area contributed by atoms with Gasteiger partial charge in [0, 0.05) is 12.0 Å². The summed E-state index contributed by atoms with van der Waals surface area (Å²) in [4.78, 5) is 0. The number of fused-ring (bicyclic) bond motifs is 1. The lowest BCUT2D eigenvalue weighted by atomic mass is 10.1. The quantitative estimate of drug-likeness (QED) is 0.539. The molecule has 0 saturated heterocycles. The van der Waals surface area contributed by atoms with E-state index in [9.17, 15) is 0 Å². The molecule has 0 aromatic carbocycles. The van der Waals surface area contributed by atoms with Crippen LogP contribution in [0.15, 0.2) is 4.52 Å². The molecule has 2 heterocycles. The Labute approximate surface area is 59.0 Å². The maximum atomic E-state index is 5.18. The molecule has 54 valence electrons. The normalized spacial score (nSPS) is 16.9. The predicted octanol–water partition coefficient (Wildman–Crippen LogP) is 1.06. The maximum Gasteiger partial charge on any atom is 0.165 e. The number of ether oxygens (including phenoxy) is 1. The zero-order chi connectivity index (χ0) is 6.97. The van der Waals surface area contributed by atoms with Gasteiger partial charge in [-0.05, 0) is 6.92 Å². The van der Waals surface area contributed by atoms with Crippen molar-refractivity contribution < 1.29 is 9.26 Å². The standard InChI is InChI=1S/C7H9NO2/c1-5-6-2-3-9-4-7(6)10-8-5/h2-4H2,1H3. The molecule has 0 amide bonds. The van der Waals surface area contributed by atoms with Gasteiger partial charge in [0.25, 0.3) is 0 Å². The average molecular weight is 139 g/mol. The SMILES string of the molecule is Cc1noc2c1CCOC2. The van der Waals surface area contributed by atoms with Crippen LogP contribution >= 0.6 is 0 Å². The molecular weight excluding hydrogens is 130 g/mol. The summed E-state index contributed by atoms with van der Waals surface area (Å²) in [5.41, 5.74) is 2.25. The van der Waals surface area contributed by atoms with Gasteiger partial charge in [-0.3, -0.25) is 0 Å². The minimum Gasteiger partial charge on any atom is -0.373 e. The number of aryl methyl sites for hydroxylation is 1. The van der Waals surface area contributed by atoms with Crippen molar-refractivity contribution in [3.63, 3.8) is 0 Å². The monoisotopic (exact) mass is 139 g/mol. The van der Waals surface area contributed by atoms with Gasteiger partial charge in [0.05, 0.1) is 12.3 Å². The molecule has 10 heavy (non-hydrogen) atoms. The molecule has 0 atom stereocenters. The molecule has 3 heteroatoms. The van der Waals surface area contributed by atoms with Gasteiger partial charge < -0.3 is 9.26 Å². The summed E-state index contributed by atoms with van der Waals surface area (Å²) in [7, 11) is 0. The molecule has 3 nitrogen and oxygen atoms in total. The molecule has 0 bridgehead atoms. The highest BCUT2D eigenvalue weighted by molar-refractivity contribution is 5.22. The molecule has 1 aliphatic heterocycles. The van der Waals surface area contributed by atoms with Crippen molar-refractivity contribution in [3.8, 4) is 0 Å². The van der Waals surface area contributed by atoms with Crippen molar-refractivity contribution >= 4 is 0 Å². The Morgan fingerprint density at radius 1 is 1.50 bits per heavy atom. The number of hydrogen-bond donors (Lipinski definition) is 0. The molecule has 2 rings (SSSR count). The van der Waals surface area contributed by atoms with Crippen LogP contribution in [0.4, 0.5) is 0 Å². The Hall–Kier alpha value is -0.830. The minimum absolute atomic E-state index is 0.593. The fourth-order valence-corrected chi connectivity index (χ4v) is 1.21. The van der Waals surface area contributed by atoms with E-state index in [0.717, 1.165) is 24.5 Å². The van der Waals surface area contributed by atoms with Crippen molar-refractivity contribution in [2.24, 2.45) is 0 Å². The van der Waals surface area contributed by atoms with E-state index in [4.69, 9.17) is 9.26 Å². The number of nitrogens with zero attached hydrogens (tertiary/aromatic N) is 1. The molecule has 1 aliphatic rings. The fraction of sp³-hybridized carbons (Fsp3) is 0.571. The topological polar surface area (TPSA) is 35.3 Å². The van der Waals surface area contributed by atoms with E-state index in [0.29, 0.717) is 6.61 Å². The second-order valence-corrected chi connectivity index (χ2v) is 2.47. The Morgan fingerprint density at radius 2 is 2.40 bits per heavy atom. The van der Waals surface area contributed by atoms with Gasteiger partial charge in [-0.2, -0.15) is 0 Å². The summed E-state index contributed by atoms with van der Waals surface area (Å²) in [6, 6.07) is 0. The van der Waals surface area contributed by atoms with Crippen molar-refractivity contribution in [1.29, 1.82) is 0 Å². The number of aromatic nitrogens is 1. The lowest BCUT2D eigenvalue weighted by Gasteiger charge is -2.08. The van der Waals surface area contributed by atoms with Gasteiger partial charge in [-0.1, -0.05) is 5.16 Å². The Morgan fingerprint density at radius 3 is 3.20 bits per heavy atom. The first-order valence-electron chi connectivity index (χ1n) is 3.39. The van der Waals surface area contributed by atoms with Gasteiger partial charge >= 0.3 is 0 Å². The van der Waals surface area contributed by atoms with Gasteiger partial charge in [0.15, 0.2) is 5.76 Å². The summed E-state index contributed by atoms with van der Waals surface area (Å²) < 4.78 is 10.2. The third kappa shape index (κ3) is 0.743. The van der Waals surface area contributed by atoms with E-state index in [1.165, 1.54) is 5.56 Å².